The maximum absolute atomic E-state index is 11.9. The average molecular weight is 227 g/mol. The molecular weight excluding hydrogens is 220 g/mol. The second kappa shape index (κ2) is 4.57. The molecule has 1 N–H and O–H groups in total. The summed E-state index contributed by atoms with van der Waals surface area (Å²) in [7, 11) is 0. The van der Waals surface area contributed by atoms with Crippen LogP contribution in [0.15, 0.2) is 12.1 Å². The van der Waals surface area contributed by atoms with Gasteiger partial charge in [0, 0.05) is 0 Å². The van der Waals surface area contributed by atoms with Crippen LogP contribution in [0.2, 0.25) is 0 Å². The van der Waals surface area contributed by atoms with Crippen molar-refractivity contribution in [1.29, 1.82) is 5.26 Å². The molecule has 16 heavy (non-hydrogen) atoms. The Morgan fingerprint density at radius 2 is 2.19 bits per heavy atom. The fourth-order valence-corrected chi connectivity index (χ4v) is 1.20. The van der Waals surface area contributed by atoms with Crippen LogP contribution >= 0.6 is 0 Å². The van der Waals surface area contributed by atoms with Gasteiger partial charge < -0.3 is 9.84 Å². The van der Waals surface area contributed by atoms with Crippen molar-refractivity contribution in [2.75, 3.05) is 0 Å². The first-order chi connectivity index (χ1) is 7.45. The monoisotopic (exact) mass is 227 g/mol. The summed E-state index contributed by atoms with van der Waals surface area (Å²) in [4.78, 5) is 10.8. The number of halogens is 2. The highest BCUT2D eigenvalue weighted by Crippen LogP contribution is 2.23. The number of carbonyl (C=O) groups is 1. The minimum absolute atomic E-state index is 0.00412. The van der Waals surface area contributed by atoms with E-state index in [0.717, 1.165) is 12.1 Å². The molecule has 4 nitrogen and oxygen atoms in total. The average Bonchev–Trinajstić information content (AvgIpc) is 2.19. The van der Waals surface area contributed by atoms with Gasteiger partial charge in [-0.3, -0.25) is 0 Å². The van der Waals surface area contributed by atoms with Crippen molar-refractivity contribution >= 4 is 5.97 Å². The van der Waals surface area contributed by atoms with Crippen LogP contribution in [-0.4, -0.2) is 17.7 Å². The molecule has 0 atom stereocenters. The summed E-state index contributed by atoms with van der Waals surface area (Å²) in [6.45, 7) is -1.63. The standard InChI is InChI=1S/C10H7F2NO3/c1-5-6(4-13)2-7(16-10(11)12)3-8(5)9(14)15/h2-3,10H,1H3,(H,14,15). The number of alkyl halides is 2. The summed E-state index contributed by atoms with van der Waals surface area (Å²) in [6.07, 6.45) is 0. The Morgan fingerprint density at radius 1 is 1.56 bits per heavy atom. The van der Waals surface area contributed by atoms with Gasteiger partial charge in [0.1, 0.15) is 5.75 Å². The fourth-order valence-electron chi connectivity index (χ4n) is 1.20. The molecule has 0 aliphatic carbocycles. The van der Waals surface area contributed by atoms with E-state index in [1.807, 2.05) is 0 Å². The van der Waals surface area contributed by atoms with E-state index in [2.05, 4.69) is 4.74 Å². The van der Waals surface area contributed by atoms with E-state index in [0.29, 0.717) is 0 Å². The van der Waals surface area contributed by atoms with E-state index in [1.165, 1.54) is 6.92 Å². The normalized spacial score (nSPS) is 9.94. The van der Waals surface area contributed by atoms with Gasteiger partial charge in [-0.1, -0.05) is 0 Å². The summed E-state index contributed by atoms with van der Waals surface area (Å²) < 4.78 is 27.9. The van der Waals surface area contributed by atoms with Crippen molar-refractivity contribution in [3.8, 4) is 11.8 Å². The maximum Gasteiger partial charge on any atom is 0.387 e. The summed E-state index contributed by atoms with van der Waals surface area (Å²) in [6, 6.07) is 3.76. The van der Waals surface area contributed by atoms with Gasteiger partial charge in [0.2, 0.25) is 0 Å². The Balaban J connectivity index is 3.30. The third-order valence-electron chi connectivity index (χ3n) is 1.96. The molecule has 0 bridgehead atoms. The molecule has 0 heterocycles. The van der Waals surface area contributed by atoms with Crippen molar-refractivity contribution in [2.45, 2.75) is 13.5 Å². The Kier molecular flexibility index (Phi) is 3.40. The summed E-state index contributed by atoms with van der Waals surface area (Å²) in [5, 5.41) is 17.5. The first kappa shape index (κ1) is 11.9. The number of ether oxygens (including phenoxy) is 1. The molecule has 1 aromatic carbocycles. The number of aromatic carboxylic acids is 1. The van der Waals surface area contributed by atoms with Gasteiger partial charge in [-0.25, -0.2) is 4.79 Å². The number of carboxylic acids is 1. The molecule has 0 saturated heterocycles. The lowest BCUT2D eigenvalue weighted by Crippen LogP contribution is -2.06. The Bertz CT molecular complexity index is 466. The van der Waals surface area contributed by atoms with E-state index in [4.69, 9.17) is 10.4 Å². The summed E-state index contributed by atoms with van der Waals surface area (Å²) in [5.74, 6) is -1.64. The van der Waals surface area contributed by atoms with Gasteiger partial charge in [0.15, 0.2) is 0 Å². The fraction of sp³-hybridized carbons (Fsp3) is 0.200. The van der Waals surface area contributed by atoms with Gasteiger partial charge in [-0.05, 0) is 24.6 Å². The van der Waals surface area contributed by atoms with Crippen LogP contribution in [0.1, 0.15) is 21.5 Å². The highest BCUT2D eigenvalue weighted by molar-refractivity contribution is 5.90. The molecule has 0 spiro atoms. The smallest absolute Gasteiger partial charge is 0.387 e. The minimum Gasteiger partial charge on any atom is -0.478 e. The third kappa shape index (κ3) is 2.45. The van der Waals surface area contributed by atoms with E-state index in [-0.39, 0.29) is 22.4 Å². The highest BCUT2D eigenvalue weighted by atomic mass is 19.3. The minimum atomic E-state index is -3.06. The Hall–Kier alpha value is -2.16. The van der Waals surface area contributed by atoms with E-state index in [9.17, 15) is 13.6 Å². The quantitative estimate of drug-likeness (QED) is 0.858. The number of hydrogen-bond acceptors (Lipinski definition) is 3. The number of benzene rings is 1. The number of nitrogens with zero attached hydrogens (tertiary/aromatic N) is 1. The Morgan fingerprint density at radius 3 is 2.62 bits per heavy atom. The SMILES string of the molecule is Cc1c(C#N)cc(OC(F)F)cc1C(=O)O. The van der Waals surface area contributed by atoms with Gasteiger partial charge in [0.05, 0.1) is 17.2 Å². The molecule has 0 saturated carbocycles. The second-order valence-corrected chi connectivity index (χ2v) is 2.94. The van der Waals surface area contributed by atoms with Crippen LogP contribution < -0.4 is 4.74 Å². The highest BCUT2D eigenvalue weighted by Gasteiger charge is 2.15. The number of rotatable bonds is 3. The molecule has 0 radical (unpaired) electrons. The predicted molar refractivity (Wildman–Crippen MR) is 49.5 cm³/mol. The van der Waals surface area contributed by atoms with Gasteiger partial charge in [-0.2, -0.15) is 14.0 Å². The molecule has 0 aliphatic heterocycles. The number of hydrogen-bond donors (Lipinski definition) is 1. The van der Waals surface area contributed by atoms with Crippen molar-refractivity contribution in [2.24, 2.45) is 0 Å². The van der Waals surface area contributed by atoms with Crippen molar-refractivity contribution in [1.82, 2.24) is 0 Å². The largest absolute Gasteiger partial charge is 0.478 e. The van der Waals surface area contributed by atoms with E-state index >= 15 is 0 Å². The van der Waals surface area contributed by atoms with Crippen molar-refractivity contribution in [3.05, 3.63) is 28.8 Å². The van der Waals surface area contributed by atoms with Crippen LogP contribution in [0.25, 0.3) is 0 Å². The second-order valence-electron chi connectivity index (χ2n) is 2.94. The lowest BCUT2D eigenvalue weighted by atomic mass is 10.0. The zero-order valence-electron chi connectivity index (χ0n) is 8.20. The molecule has 0 unspecified atom stereocenters. The molecular formula is C10H7F2NO3. The first-order valence-corrected chi connectivity index (χ1v) is 4.18. The molecule has 0 aromatic heterocycles. The zero-order chi connectivity index (χ0) is 12.3. The van der Waals surface area contributed by atoms with Crippen molar-refractivity contribution < 1.29 is 23.4 Å². The van der Waals surface area contributed by atoms with Gasteiger partial charge in [0.25, 0.3) is 0 Å². The van der Waals surface area contributed by atoms with Crippen LogP contribution in [0.3, 0.4) is 0 Å². The molecule has 6 heteroatoms. The van der Waals surface area contributed by atoms with Crippen molar-refractivity contribution in [3.63, 3.8) is 0 Å². The third-order valence-corrected chi connectivity index (χ3v) is 1.96. The number of nitriles is 1. The van der Waals surface area contributed by atoms with Crippen LogP contribution in [0, 0.1) is 18.3 Å². The summed E-state index contributed by atoms with van der Waals surface area (Å²) >= 11 is 0. The van der Waals surface area contributed by atoms with Gasteiger partial charge in [-0.15, -0.1) is 0 Å². The first-order valence-electron chi connectivity index (χ1n) is 4.18. The topological polar surface area (TPSA) is 70.3 Å². The molecule has 0 amide bonds. The lowest BCUT2D eigenvalue weighted by molar-refractivity contribution is -0.0499. The summed E-state index contributed by atoms with van der Waals surface area (Å²) in [5.41, 5.74) is -0.0122. The molecule has 1 aromatic rings. The van der Waals surface area contributed by atoms with Gasteiger partial charge >= 0.3 is 12.6 Å². The molecule has 1 rings (SSSR count). The number of carboxylic acid groups (broad SMARTS) is 1. The molecule has 0 aliphatic rings. The van der Waals surface area contributed by atoms with Crippen LogP contribution in [0.4, 0.5) is 8.78 Å². The Labute approximate surface area is 89.7 Å². The van der Waals surface area contributed by atoms with E-state index < -0.39 is 12.6 Å². The zero-order valence-corrected chi connectivity index (χ0v) is 8.20. The van der Waals surface area contributed by atoms with Crippen LogP contribution in [0.5, 0.6) is 5.75 Å². The van der Waals surface area contributed by atoms with E-state index in [1.54, 1.807) is 6.07 Å². The maximum atomic E-state index is 11.9. The predicted octanol–water partition coefficient (Wildman–Crippen LogP) is 2.17. The molecule has 0 fully saturated rings. The van der Waals surface area contributed by atoms with Crippen LogP contribution in [-0.2, 0) is 0 Å². The molecule has 84 valence electrons. The lowest BCUT2D eigenvalue weighted by Gasteiger charge is -2.08.